The number of hydrogen-bond acceptors (Lipinski definition) is 6. The van der Waals surface area contributed by atoms with Crippen LogP contribution in [0.5, 0.6) is 0 Å². The predicted octanol–water partition coefficient (Wildman–Crippen LogP) is 1.73. The number of imide groups is 1. The smallest absolute Gasteiger partial charge is 0.235 e. The summed E-state index contributed by atoms with van der Waals surface area (Å²) in [6.07, 6.45) is 0.747. The summed E-state index contributed by atoms with van der Waals surface area (Å²) < 4.78 is 30.8. The highest BCUT2D eigenvalue weighted by Gasteiger charge is 2.51. The monoisotopic (exact) mass is 350 g/mol. The SMILES string of the molecule is O=C1CC2(CCN(c3nc(-c4cc(F)cc(F)c4)ns3)C2)C(=O)N1. The second kappa shape index (κ2) is 5.30. The zero-order valence-corrected chi connectivity index (χ0v) is 13.2. The number of carbonyl (C=O) groups is 2. The molecule has 9 heteroatoms. The summed E-state index contributed by atoms with van der Waals surface area (Å²) in [6, 6.07) is 3.13. The minimum atomic E-state index is -0.701. The molecule has 0 radical (unpaired) electrons. The van der Waals surface area contributed by atoms with Crippen LogP contribution in [-0.2, 0) is 9.59 Å². The summed E-state index contributed by atoms with van der Waals surface area (Å²) in [5.41, 5.74) is -0.439. The number of aromatic nitrogens is 2. The molecule has 2 aromatic rings. The van der Waals surface area contributed by atoms with Gasteiger partial charge in [0, 0.05) is 42.7 Å². The Morgan fingerprint density at radius 3 is 2.62 bits per heavy atom. The molecule has 1 atom stereocenters. The Balaban J connectivity index is 1.58. The lowest BCUT2D eigenvalue weighted by Crippen LogP contribution is -2.34. The summed E-state index contributed by atoms with van der Waals surface area (Å²) in [7, 11) is 0. The zero-order chi connectivity index (χ0) is 16.9. The normalized spacial score (nSPS) is 23.3. The lowest BCUT2D eigenvalue weighted by atomic mass is 9.85. The van der Waals surface area contributed by atoms with E-state index < -0.39 is 17.0 Å². The number of carbonyl (C=O) groups excluding carboxylic acids is 2. The lowest BCUT2D eigenvalue weighted by molar-refractivity contribution is -0.127. The quantitative estimate of drug-likeness (QED) is 0.835. The highest BCUT2D eigenvalue weighted by Crippen LogP contribution is 2.40. The highest BCUT2D eigenvalue weighted by molar-refractivity contribution is 7.09. The van der Waals surface area contributed by atoms with Gasteiger partial charge in [-0.15, -0.1) is 0 Å². The standard InChI is InChI=1S/C15H12F2N4O2S/c16-9-3-8(4-10(17)5-9)12-19-14(24-20-12)21-2-1-15(7-21)6-11(22)18-13(15)23/h3-5H,1-2,6-7H2,(H,18,22,23). The van der Waals surface area contributed by atoms with Crippen molar-refractivity contribution >= 4 is 28.5 Å². The molecular formula is C15H12F2N4O2S. The molecule has 2 saturated heterocycles. The van der Waals surface area contributed by atoms with Crippen LogP contribution in [0.15, 0.2) is 18.2 Å². The molecule has 3 heterocycles. The van der Waals surface area contributed by atoms with E-state index in [0.29, 0.717) is 24.6 Å². The third kappa shape index (κ3) is 2.44. The molecule has 1 aromatic carbocycles. The number of benzene rings is 1. The van der Waals surface area contributed by atoms with Gasteiger partial charge < -0.3 is 4.90 Å². The van der Waals surface area contributed by atoms with E-state index >= 15 is 0 Å². The molecule has 4 rings (SSSR count). The molecule has 124 valence electrons. The number of nitrogens with one attached hydrogen (secondary N) is 1. The number of nitrogens with zero attached hydrogens (tertiary/aromatic N) is 3. The predicted molar refractivity (Wildman–Crippen MR) is 82.3 cm³/mol. The van der Waals surface area contributed by atoms with Crippen molar-refractivity contribution in [3.05, 3.63) is 29.8 Å². The van der Waals surface area contributed by atoms with E-state index in [4.69, 9.17) is 0 Å². The largest absolute Gasteiger partial charge is 0.346 e. The van der Waals surface area contributed by atoms with Crippen LogP contribution in [0.2, 0.25) is 0 Å². The van der Waals surface area contributed by atoms with E-state index in [1.54, 1.807) is 0 Å². The second-order valence-corrected chi connectivity index (χ2v) is 6.79. The topological polar surface area (TPSA) is 75.2 Å². The second-order valence-electron chi connectivity index (χ2n) is 6.06. The van der Waals surface area contributed by atoms with Gasteiger partial charge in [-0.3, -0.25) is 14.9 Å². The fraction of sp³-hybridized carbons (Fsp3) is 0.333. The van der Waals surface area contributed by atoms with Crippen molar-refractivity contribution in [3.63, 3.8) is 0 Å². The van der Waals surface area contributed by atoms with Gasteiger partial charge in [-0.2, -0.15) is 9.36 Å². The van der Waals surface area contributed by atoms with E-state index in [1.807, 2.05) is 4.90 Å². The third-order valence-electron chi connectivity index (χ3n) is 4.39. The zero-order valence-electron chi connectivity index (χ0n) is 12.4. The van der Waals surface area contributed by atoms with Crippen LogP contribution in [0, 0.1) is 17.0 Å². The van der Waals surface area contributed by atoms with Crippen LogP contribution in [-0.4, -0.2) is 34.3 Å². The Morgan fingerprint density at radius 2 is 1.96 bits per heavy atom. The first-order valence-electron chi connectivity index (χ1n) is 7.35. The molecular weight excluding hydrogens is 338 g/mol. The van der Waals surface area contributed by atoms with Gasteiger partial charge in [0.1, 0.15) is 11.6 Å². The van der Waals surface area contributed by atoms with E-state index in [-0.39, 0.29) is 29.6 Å². The molecule has 24 heavy (non-hydrogen) atoms. The van der Waals surface area contributed by atoms with Gasteiger partial charge in [-0.25, -0.2) is 8.78 Å². The van der Waals surface area contributed by atoms with Gasteiger partial charge in [0.05, 0.1) is 5.41 Å². The lowest BCUT2D eigenvalue weighted by Gasteiger charge is -2.19. The number of halogens is 2. The maximum absolute atomic E-state index is 13.3. The fourth-order valence-corrected chi connectivity index (χ4v) is 3.91. The van der Waals surface area contributed by atoms with Gasteiger partial charge in [-0.05, 0) is 18.6 Å². The number of anilines is 1. The van der Waals surface area contributed by atoms with E-state index in [2.05, 4.69) is 14.7 Å². The van der Waals surface area contributed by atoms with E-state index in [1.165, 1.54) is 12.1 Å². The first-order chi connectivity index (χ1) is 11.4. The molecule has 0 saturated carbocycles. The van der Waals surface area contributed by atoms with E-state index in [9.17, 15) is 18.4 Å². The molecule has 1 N–H and O–H groups in total. The number of rotatable bonds is 2. The Bertz CT molecular complexity index is 835. The minimum absolute atomic E-state index is 0.184. The van der Waals surface area contributed by atoms with Crippen LogP contribution in [0.25, 0.3) is 11.4 Å². The first kappa shape index (κ1) is 15.1. The van der Waals surface area contributed by atoms with Crippen LogP contribution in [0.3, 0.4) is 0 Å². The van der Waals surface area contributed by atoms with Crippen molar-refractivity contribution in [2.45, 2.75) is 12.8 Å². The Hall–Kier alpha value is -2.42. The highest BCUT2D eigenvalue weighted by atomic mass is 32.1. The molecule has 2 aliphatic heterocycles. The van der Waals surface area contributed by atoms with Crippen molar-refractivity contribution in [2.24, 2.45) is 5.41 Å². The fourth-order valence-electron chi connectivity index (χ4n) is 3.20. The summed E-state index contributed by atoms with van der Waals surface area (Å²) in [5, 5.41) is 2.91. The third-order valence-corrected chi connectivity index (χ3v) is 5.17. The summed E-state index contributed by atoms with van der Waals surface area (Å²) in [5.74, 6) is -1.64. The first-order valence-corrected chi connectivity index (χ1v) is 8.12. The Labute approximate surface area is 139 Å². The Morgan fingerprint density at radius 1 is 1.21 bits per heavy atom. The summed E-state index contributed by atoms with van der Waals surface area (Å²) in [4.78, 5) is 29.7. The molecule has 0 aliphatic carbocycles. The van der Waals surface area contributed by atoms with Crippen molar-refractivity contribution < 1.29 is 18.4 Å². The number of hydrogen-bond donors (Lipinski definition) is 1. The molecule has 1 aromatic heterocycles. The molecule has 0 bridgehead atoms. The van der Waals surface area contributed by atoms with Crippen molar-refractivity contribution in [1.82, 2.24) is 14.7 Å². The molecule has 6 nitrogen and oxygen atoms in total. The maximum Gasteiger partial charge on any atom is 0.235 e. The maximum atomic E-state index is 13.3. The van der Waals surface area contributed by atoms with E-state index in [0.717, 1.165) is 17.6 Å². The molecule has 1 unspecified atom stereocenters. The van der Waals surface area contributed by atoms with Gasteiger partial charge >= 0.3 is 0 Å². The van der Waals surface area contributed by atoms with Gasteiger partial charge in [-0.1, -0.05) is 0 Å². The van der Waals surface area contributed by atoms with Gasteiger partial charge in [0.2, 0.25) is 16.9 Å². The molecule has 2 fully saturated rings. The number of amides is 2. The molecule has 2 amide bonds. The van der Waals surface area contributed by atoms with Gasteiger partial charge in [0.15, 0.2) is 5.82 Å². The summed E-state index contributed by atoms with van der Waals surface area (Å²) >= 11 is 1.10. The van der Waals surface area contributed by atoms with Crippen molar-refractivity contribution in [1.29, 1.82) is 0 Å². The van der Waals surface area contributed by atoms with Gasteiger partial charge in [0.25, 0.3) is 0 Å². The van der Waals surface area contributed by atoms with Crippen LogP contribution in [0.1, 0.15) is 12.8 Å². The minimum Gasteiger partial charge on any atom is -0.346 e. The molecule has 1 spiro atoms. The molecule has 2 aliphatic rings. The van der Waals surface area contributed by atoms with Crippen LogP contribution >= 0.6 is 11.5 Å². The van der Waals surface area contributed by atoms with Crippen molar-refractivity contribution in [3.8, 4) is 11.4 Å². The summed E-state index contributed by atoms with van der Waals surface area (Å²) in [6.45, 7) is 0.962. The van der Waals surface area contributed by atoms with Crippen LogP contribution < -0.4 is 10.2 Å². The van der Waals surface area contributed by atoms with Crippen LogP contribution in [0.4, 0.5) is 13.9 Å². The van der Waals surface area contributed by atoms with Crippen molar-refractivity contribution in [2.75, 3.05) is 18.0 Å². The Kier molecular flexibility index (Phi) is 3.34. The average molecular weight is 350 g/mol. The average Bonchev–Trinajstić information content (AvgIpc) is 3.18.